The minimum absolute atomic E-state index is 0.0593. The van der Waals surface area contributed by atoms with Gasteiger partial charge in [0.1, 0.15) is 11.9 Å². The zero-order valence-corrected chi connectivity index (χ0v) is 10.4. The molecule has 0 heterocycles. The summed E-state index contributed by atoms with van der Waals surface area (Å²) < 4.78 is 13.4. The van der Waals surface area contributed by atoms with Crippen molar-refractivity contribution in [2.75, 3.05) is 5.32 Å². The topological polar surface area (TPSA) is 52.9 Å². The van der Waals surface area contributed by atoms with Crippen LogP contribution in [0.3, 0.4) is 0 Å². The monoisotopic (exact) mass is 274 g/mol. The van der Waals surface area contributed by atoms with Gasteiger partial charge < -0.3 is 5.32 Å². The number of hydrogen-bond acceptors (Lipinski definition) is 2. The largest absolute Gasteiger partial charge is 0.322 e. The van der Waals surface area contributed by atoms with Crippen LogP contribution in [0.4, 0.5) is 10.1 Å². The summed E-state index contributed by atoms with van der Waals surface area (Å²) in [4.78, 5) is 11.9. The molecule has 1 amide bonds. The molecule has 2 aromatic rings. The summed E-state index contributed by atoms with van der Waals surface area (Å²) in [5.41, 5.74) is 0.568. The molecule has 5 heteroatoms. The molecule has 3 nitrogen and oxygen atoms in total. The third-order valence-electron chi connectivity index (χ3n) is 2.46. The standard InChI is InChI=1S/C14H8ClFN2O/c15-12-6-5-10(7-9(12)8-17)18-14(19)11-3-1-2-4-13(11)16/h1-7H,(H,18,19). The summed E-state index contributed by atoms with van der Waals surface area (Å²) in [6, 6.07) is 12.0. The molecule has 0 bridgehead atoms. The first kappa shape index (κ1) is 13.1. The highest BCUT2D eigenvalue weighted by Gasteiger charge is 2.11. The molecule has 0 fully saturated rings. The van der Waals surface area contributed by atoms with Crippen molar-refractivity contribution >= 4 is 23.2 Å². The second-order valence-electron chi connectivity index (χ2n) is 3.74. The maximum atomic E-state index is 13.4. The number of nitriles is 1. The number of benzene rings is 2. The van der Waals surface area contributed by atoms with Crippen molar-refractivity contribution < 1.29 is 9.18 Å². The predicted octanol–water partition coefficient (Wildman–Crippen LogP) is 3.60. The zero-order valence-electron chi connectivity index (χ0n) is 9.65. The number of rotatable bonds is 2. The van der Waals surface area contributed by atoms with Crippen LogP contribution in [0, 0.1) is 17.1 Å². The minimum atomic E-state index is -0.602. The van der Waals surface area contributed by atoms with Gasteiger partial charge in [0.2, 0.25) is 0 Å². The van der Waals surface area contributed by atoms with E-state index in [4.69, 9.17) is 16.9 Å². The van der Waals surface area contributed by atoms with Gasteiger partial charge in [-0.1, -0.05) is 23.7 Å². The lowest BCUT2D eigenvalue weighted by Crippen LogP contribution is -2.13. The van der Waals surface area contributed by atoms with Crippen LogP contribution in [-0.2, 0) is 0 Å². The molecule has 94 valence electrons. The molecule has 1 N–H and O–H groups in total. The van der Waals surface area contributed by atoms with Crippen molar-refractivity contribution in [2.24, 2.45) is 0 Å². The van der Waals surface area contributed by atoms with Crippen LogP contribution in [0.25, 0.3) is 0 Å². The summed E-state index contributed by atoms with van der Waals surface area (Å²) in [5.74, 6) is -1.18. The lowest BCUT2D eigenvalue weighted by Gasteiger charge is -2.06. The van der Waals surface area contributed by atoms with Gasteiger partial charge in [-0.15, -0.1) is 0 Å². The Hall–Kier alpha value is -2.38. The van der Waals surface area contributed by atoms with Gasteiger partial charge in [0.15, 0.2) is 0 Å². The first-order valence-corrected chi connectivity index (χ1v) is 5.75. The summed E-state index contributed by atoms with van der Waals surface area (Å²) in [6.45, 7) is 0. The fraction of sp³-hybridized carbons (Fsp3) is 0. The van der Waals surface area contributed by atoms with Gasteiger partial charge in [-0.3, -0.25) is 4.79 Å². The highest BCUT2D eigenvalue weighted by atomic mass is 35.5. The Labute approximate surface area is 114 Å². The third kappa shape index (κ3) is 2.90. The van der Waals surface area contributed by atoms with Crippen molar-refractivity contribution in [3.8, 4) is 6.07 Å². The summed E-state index contributed by atoms with van der Waals surface area (Å²) in [6.07, 6.45) is 0. The van der Waals surface area contributed by atoms with Crippen molar-refractivity contribution in [3.05, 3.63) is 64.4 Å². The molecule has 0 spiro atoms. The van der Waals surface area contributed by atoms with Crippen LogP contribution in [0.5, 0.6) is 0 Å². The fourth-order valence-electron chi connectivity index (χ4n) is 1.53. The average Bonchev–Trinajstić information content (AvgIpc) is 2.41. The number of carbonyl (C=O) groups is 1. The summed E-state index contributed by atoms with van der Waals surface area (Å²) >= 11 is 5.78. The van der Waals surface area contributed by atoms with Crippen molar-refractivity contribution in [3.63, 3.8) is 0 Å². The number of anilines is 1. The summed E-state index contributed by atoms with van der Waals surface area (Å²) in [5, 5.41) is 11.6. The molecular formula is C14H8ClFN2O. The lowest BCUT2D eigenvalue weighted by molar-refractivity contribution is 0.102. The average molecular weight is 275 g/mol. The van der Waals surface area contributed by atoms with E-state index in [1.807, 2.05) is 6.07 Å². The van der Waals surface area contributed by atoms with E-state index in [1.165, 1.54) is 30.3 Å². The van der Waals surface area contributed by atoms with E-state index in [9.17, 15) is 9.18 Å². The number of nitrogens with one attached hydrogen (secondary N) is 1. The third-order valence-corrected chi connectivity index (χ3v) is 2.79. The molecule has 2 rings (SSSR count). The Balaban J connectivity index is 2.25. The number of halogens is 2. The van der Waals surface area contributed by atoms with Crippen LogP contribution < -0.4 is 5.32 Å². The van der Waals surface area contributed by atoms with Gasteiger partial charge in [0, 0.05) is 5.69 Å². The highest BCUT2D eigenvalue weighted by molar-refractivity contribution is 6.31. The van der Waals surface area contributed by atoms with Gasteiger partial charge in [-0.25, -0.2) is 4.39 Å². The first-order valence-electron chi connectivity index (χ1n) is 5.37. The first-order chi connectivity index (χ1) is 9.11. The van der Waals surface area contributed by atoms with Crippen molar-refractivity contribution in [1.29, 1.82) is 5.26 Å². The quantitative estimate of drug-likeness (QED) is 0.909. The maximum absolute atomic E-state index is 13.4. The molecule has 0 radical (unpaired) electrons. The lowest BCUT2D eigenvalue weighted by atomic mass is 10.1. The fourth-order valence-corrected chi connectivity index (χ4v) is 1.69. The molecule has 0 aromatic heterocycles. The van der Waals surface area contributed by atoms with E-state index in [1.54, 1.807) is 12.1 Å². The Morgan fingerprint density at radius 1 is 1.26 bits per heavy atom. The van der Waals surface area contributed by atoms with Crippen molar-refractivity contribution in [1.82, 2.24) is 0 Å². The van der Waals surface area contributed by atoms with Gasteiger partial charge >= 0.3 is 0 Å². The van der Waals surface area contributed by atoms with Crippen LogP contribution in [0.1, 0.15) is 15.9 Å². The molecule has 0 atom stereocenters. The zero-order chi connectivity index (χ0) is 13.8. The van der Waals surface area contributed by atoms with E-state index < -0.39 is 11.7 Å². The minimum Gasteiger partial charge on any atom is -0.322 e. The van der Waals surface area contributed by atoms with E-state index in [0.29, 0.717) is 10.7 Å². The molecule has 0 aliphatic carbocycles. The van der Waals surface area contributed by atoms with Crippen LogP contribution in [0.2, 0.25) is 5.02 Å². The number of carbonyl (C=O) groups excluding carboxylic acids is 1. The number of hydrogen-bond donors (Lipinski definition) is 1. The van der Waals surface area contributed by atoms with Crippen LogP contribution >= 0.6 is 11.6 Å². The molecule has 0 aliphatic heterocycles. The smallest absolute Gasteiger partial charge is 0.258 e. The Morgan fingerprint density at radius 3 is 2.68 bits per heavy atom. The van der Waals surface area contributed by atoms with Crippen molar-refractivity contribution in [2.45, 2.75) is 0 Å². The van der Waals surface area contributed by atoms with Gasteiger partial charge in [0.05, 0.1) is 16.1 Å². The van der Waals surface area contributed by atoms with Gasteiger partial charge in [-0.2, -0.15) is 5.26 Å². The Bertz CT molecular complexity index is 679. The Kier molecular flexibility index (Phi) is 3.79. The molecule has 0 saturated heterocycles. The van der Waals surface area contributed by atoms with Gasteiger partial charge in [-0.05, 0) is 30.3 Å². The molecule has 0 saturated carbocycles. The molecule has 2 aromatic carbocycles. The van der Waals surface area contributed by atoms with E-state index in [-0.39, 0.29) is 11.1 Å². The molecule has 0 unspecified atom stereocenters. The second kappa shape index (κ2) is 5.51. The molecular weight excluding hydrogens is 267 g/mol. The van der Waals surface area contributed by atoms with Crippen LogP contribution in [0.15, 0.2) is 42.5 Å². The van der Waals surface area contributed by atoms with E-state index >= 15 is 0 Å². The normalized spacial score (nSPS) is 9.74. The number of amides is 1. The maximum Gasteiger partial charge on any atom is 0.258 e. The number of nitrogens with zero attached hydrogens (tertiary/aromatic N) is 1. The summed E-state index contributed by atoms with van der Waals surface area (Å²) in [7, 11) is 0. The van der Waals surface area contributed by atoms with E-state index in [2.05, 4.69) is 5.32 Å². The van der Waals surface area contributed by atoms with E-state index in [0.717, 1.165) is 0 Å². The Morgan fingerprint density at radius 2 is 2.00 bits per heavy atom. The molecule has 0 aliphatic rings. The van der Waals surface area contributed by atoms with Gasteiger partial charge in [0.25, 0.3) is 5.91 Å². The predicted molar refractivity (Wildman–Crippen MR) is 70.5 cm³/mol. The SMILES string of the molecule is N#Cc1cc(NC(=O)c2ccccc2F)ccc1Cl. The second-order valence-corrected chi connectivity index (χ2v) is 4.15. The van der Waals surface area contributed by atoms with Crippen LogP contribution in [-0.4, -0.2) is 5.91 Å². The highest BCUT2D eigenvalue weighted by Crippen LogP contribution is 2.20. The molecule has 19 heavy (non-hydrogen) atoms.